The molecule has 0 saturated heterocycles. The number of hydrogen-bond donors (Lipinski definition) is 1. The Bertz CT molecular complexity index is 633. The number of rotatable bonds is 6. The fraction of sp³-hybridized carbons (Fsp3) is 0.429. The van der Waals surface area contributed by atoms with Crippen LogP contribution in [0.5, 0.6) is 11.5 Å². The molecule has 128 valence electrons. The second kappa shape index (κ2) is 8.09. The zero-order valence-corrected chi connectivity index (χ0v) is 14.6. The highest BCUT2D eigenvalue weighted by molar-refractivity contribution is 5.50. The van der Waals surface area contributed by atoms with Crippen molar-refractivity contribution in [3.05, 3.63) is 54.1 Å². The minimum atomic E-state index is 0.323. The Labute approximate surface area is 145 Å². The Kier molecular flexibility index (Phi) is 5.63. The zero-order valence-electron chi connectivity index (χ0n) is 14.6. The molecule has 0 heterocycles. The summed E-state index contributed by atoms with van der Waals surface area (Å²) >= 11 is 0. The van der Waals surface area contributed by atoms with Gasteiger partial charge in [-0.2, -0.15) is 0 Å². The maximum Gasteiger partial charge on any atom is 0.120 e. The summed E-state index contributed by atoms with van der Waals surface area (Å²) in [6.45, 7) is 0. The molecular weight excluding hydrogens is 298 g/mol. The lowest BCUT2D eigenvalue weighted by Crippen LogP contribution is -2.23. The predicted molar refractivity (Wildman–Crippen MR) is 98.9 cm³/mol. The van der Waals surface area contributed by atoms with Gasteiger partial charge in [0, 0.05) is 11.8 Å². The molecule has 3 nitrogen and oxygen atoms in total. The van der Waals surface area contributed by atoms with Crippen LogP contribution in [0.2, 0.25) is 0 Å². The van der Waals surface area contributed by atoms with Crippen LogP contribution in [0.15, 0.2) is 48.5 Å². The first-order valence-corrected chi connectivity index (χ1v) is 8.84. The van der Waals surface area contributed by atoms with Gasteiger partial charge in [0.1, 0.15) is 11.5 Å². The third kappa shape index (κ3) is 4.02. The van der Waals surface area contributed by atoms with Crippen molar-refractivity contribution in [1.29, 1.82) is 0 Å². The van der Waals surface area contributed by atoms with Crippen molar-refractivity contribution in [1.82, 2.24) is 0 Å². The van der Waals surface area contributed by atoms with Gasteiger partial charge in [-0.3, -0.25) is 0 Å². The number of methoxy groups -OCH3 is 2. The molecule has 0 bridgehead atoms. The molecule has 0 aliphatic heterocycles. The smallest absolute Gasteiger partial charge is 0.120 e. The lowest BCUT2D eigenvalue weighted by atomic mass is 9.81. The lowest BCUT2D eigenvalue weighted by molar-refractivity contribution is 0.320. The summed E-state index contributed by atoms with van der Waals surface area (Å²) in [5.41, 5.74) is 2.44. The molecule has 0 spiro atoms. The van der Waals surface area contributed by atoms with Crippen LogP contribution in [0.1, 0.15) is 43.7 Å². The van der Waals surface area contributed by atoms with Crippen LogP contribution in [-0.2, 0) is 0 Å². The summed E-state index contributed by atoms with van der Waals surface area (Å²) in [6, 6.07) is 17.0. The average molecular weight is 325 g/mol. The highest BCUT2D eigenvalue weighted by Crippen LogP contribution is 2.37. The van der Waals surface area contributed by atoms with Gasteiger partial charge in [-0.1, -0.05) is 37.5 Å². The molecule has 0 amide bonds. The van der Waals surface area contributed by atoms with Crippen molar-refractivity contribution in [2.45, 2.75) is 38.1 Å². The summed E-state index contributed by atoms with van der Waals surface area (Å²) < 4.78 is 10.7. The molecule has 1 atom stereocenters. The van der Waals surface area contributed by atoms with Gasteiger partial charge in [-0.25, -0.2) is 0 Å². The van der Waals surface area contributed by atoms with Crippen LogP contribution < -0.4 is 14.8 Å². The summed E-state index contributed by atoms with van der Waals surface area (Å²) in [4.78, 5) is 0. The van der Waals surface area contributed by atoms with Gasteiger partial charge in [0.2, 0.25) is 0 Å². The Morgan fingerprint density at radius 1 is 0.875 bits per heavy atom. The maximum atomic E-state index is 5.36. The van der Waals surface area contributed by atoms with E-state index in [1.165, 1.54) is 37.7 Å². The molecule has 2 aromatic rings. The molecular formula is C21H27NO2. The zero-order chi connectivity index (χ0) is 16.8. The van der Waals surface area contributed by atoms with Crippen molar-refractivity contribution in [3.8, 4) is 11.5 Å². The number of benzene rings is 2. The summed E-state index contributed by atoms with van der Waals surface area (Å²) in [5, 5.41) is 3.76. The number of anilines is 1. The van der Waals surface area contributed by atoms with Crippen LogP contribution in [0.4, 0.5) is 5.69 Å². The molecule has 0 aromatic heterocycles. The van der Waals surface area contributed by atoms with Gasteiger partial charge in [-0.15, -0.1) is 0 Å². The molecule has 24 heavy (non-hydrogen) atoms. The molecule has 3 rings (SSSR count). The average Bonchev–Trinajstić information content (AvgIpc) is 2.67. The summed E-state index contributed by atoms with van der Waals surface area (Å²) in [6.07, 6.45) is 6.60. The van der Waals surface area contributed by atoms with Crippen molar-refractivity contribution in [2.75, 3.05) is 19.5 Å². The maximum absolute atomic E-state index is 5.36. The SMILES string of the molecule is COc1ccc(C(Nc2cccc(OC)c2)C2CCCCC2)cc1. The third-order valence-electron chi connectivity index (χ3n) is 4.99. The number of hydrogen-bond acceptors (Lipinski definition) is 3. The van der Waals surface area contributed by atoms with Gasteiger partial charge in [-0.05, 0) is 48.6 Å². The van der Waals surface area contributed by atoms with E-state index in [1.807, 2.05) is 12.1 Å². The van der Waals surface area contributed by atoms with Crippen LogP contribution in [-0.4, -0.2) is 14.2 Å². The lowest BCUT2D eigenvalue weighted by Gasteiger charge is -2.32. The van der Waals surface area contributed by atoms with Crippen LogP contribution in [0, 0.1) is 5.92 Å². The van der Waals surface area contributed by atoms with Crippen LogP contribution in [0.25, 0.3) is 0 Å². The molecule has 1 unspecified atom stereocenters. The van der Waals surface area contributed by atoms with Crippen molar-refractivity contribution < 1.29 is 9.47 Å². The Balaban J connectivity index is 1.85. The second-order valence-corrected chi connectivity index (χ2v) is 6.53. The van der Waals surface area contributed by atoms with Gasteiger partial charge in [0.25, 0.3) is 0 Å². The third-order valence-corrected chi connectivity index (χ3v) is 4.99. The normalized spacial score (nSPS) is 16.4. The van der Waals surface area contributed by atoms with E-state index >= 15 is 0 Å². The van der Waals surface area contributed by atoms with E-state index in [1.54, 1.807) is 14.2 Å². The first-order chi connectivity index (χ1) is 11.8. The largest absolute Gasteiger partial charge is 0.497 e. The number of ether oxygens (including phenoxy) is 2. The highest BCUT2D eigenvalue weighted by Gasteiger charge is 2.25. The topological polar surface area (TPSA) is 30.5 Å². The van der Waals surface area contributed by atoms with Crippen LogP contribution in [0.3, 0.4) is 0 Å². The molecule has 2 aromatic carbocycles. The van der Waals surface area contributed by atoms with Crippen molar-refractivity contribution >= 4 is 5.69 Å². The van der Waals surface area contributed by atoms with E-state index < -0.39 is 0 Å². The van der Waals surface area contributed by atoms with Gasteiger partial charge in [0.15, 0.2) is 0 Å². The minimum absolute atomic E-state index is 0.323. The molecule has 1 N–H and O–H groups in total. The summed E-state index contributed by atoms with van der Waals surface area (Å²) in [7, 11) is 3.42. The Hall–Kier alpha value is -2.16. The molecule has 1 aliphatic carbocycles. The van der Waals surface area contributed by atoms with E-state index in [0.717, 1.165) is 17.2 Å². The molecule has 1 aliphatic rings. The molecule has 1 fully saturated rings. The van der Waals surface area contributed by atoms with E-state index in [4.69, 9.17) is 9.47 Å². The highest BCUT2D eigenvalue weighted by atomic mass is 16.5. The molecule has 1 saturated carbocycles. The van der Waals surface area contributed by atoms with E-state index in [0.29, 0.717) is 12.0 Å². The Morgan fingerprint density at radius 3 is 2.25 bits per heavy atom. The van der Waals surface area contributed by atoms with E-state index in [9.17, 15) is 0 Å². The monoisotopic (exact) mass is 325 g/mol. The summed E-state index contributed by atoms with van der Waals surface area (Å²) in [5.74, 6) is 2.46. The van der Waals surface area contributed by atoms with E-state index in [2.05, 4.69) is 41.7 Å². The van der Waals surface area contributed by atoms with Gasteiger partial charge >= 0.3 is 0 Å². The second-order valence-electron chi connectivity index (χ2n) is 6.53. The van der Waals surface area contributed by atoms with Crippen molar-refractivity contribution in [2.24, 2.45) is 5.92 Å². The first kappa shape index (κ1) is 16.7. The molecule has 3 heteroatoms. The van der Waals surface area contributed by atoms with Crippen molar-refractivity contribution in [3.63, 3.8) is 0 Å². The van der Waals surface area contributed by atoms with Gasteiger partial charge in [0.05, 0.1) is 20.3 Å². The van der Waals surface area contributed by atoms with Crippen LogP contribution >= 0.6 is 0 Å². The quantitative estimate of drug-likeness (QED) is 0.767. The minimum Gasteiger partial charge on any atom is -0.497 e. The fourth-order valence-corrected chi connectivity index (χ4v) is 3.64. The first-order valence-electron chi connectivity index (χ1n) is 8.84. The number of nitrogens with one attached hydrogen (secondary N) is 1. The fourth-order valence-electron chi connectivity index (χ4n) is 3.64. The van der Waals surface area contributed by atoms with E-state index in [-0.39, 0.29) is 0 Å². The standard InChI is InChI=1S/C21H27NO2/c1-23-19-13-11-17(12-14-19)21(16-7-4-3-5-8-16)22-18-9-6-10-20(15-18)24-2/h6,9-16,21-22H,3-5,7-8H2,1-2H3. The molecule has 0 radical (unpaired) electrons. The predicted octanol–water partition coefficient (Wildman–Crippen LogP) is 5.44. The van der Waals surface area contributed by atoms with Gasteiger partial charge < -0.3 is 14.8 Å². The Morgan fingerprint density at radius 2 is 1.58 bits per heavy atom.